The van der Waals surface area contributed by atoms with E-state index in [1.54, 1.807) is 0 Å². The van der Waals surface area contributed by atoms with E-state index in [1.165, 1.54) is 0 Å². The molecule has 0 radical (unpaired) electrons. The third kappa shape index (κ3) is 1.41. The SMILES string of the molecule is COC1(C)C(C)(C)C(C)(C)C(C)(C)C(C)(C)C1(C)C. The molecule has 1 aliphatic carbocycles. The van der Waals surface area contributed by atoms with Crippen LogP contribution in [0.25, 0.3) is 0 Å². The first-order valence-electron chi connectivity index (χ1n) is 7.61. The quantitative estimate of drug-likeness (QED) is 0.607. The molecule has 0 atom stereocenters. The average molecular weight is 268 g/mol. The third-order valence-corrected chi connectivity index (χ3v) is 9.04. The van der Waals surface area contributed by atoms with Crippen molar-refractivity contribution in [3.8, 4) is 0 Å². The molecule has 0 saturated heterocycles. The van der Waals surface area contributed by atoms with Gasteiger partial charge in [0.15, 0.2) is 0 Å². The van der Waals surface area contributed by atoms with Crippen LogP contribution in [0.4, 0.5) is 0 Å². The van der Waals surface area contributed by atoms with Crippen molar-refractivity contribution >= 4 is 0 Å². The van der Waals surface area contributed by atoms with Gasteiger partial charge in [-0.25, -0.2) is 0 Å². The Morgan fingerprint density at radius 2 is 0.632 bits per heavy atom. The highest BCUT2D eigenvalue weighted by Gasteiger charge is 2.73. The van der Waals surface area contributed by atoms with E-state index in [9.17, 15) is 0 Å². The van der Waals surface area contributed by atoms with Gasteiger partial charge in [-0.3, -0.25) is 0 Å². The summed E-state index contributed by atoms with van der Waals surface area (Å²) >= 11 is 0. The van der Waals surface area contributed by atoms with Crippen molar-refractivity contribution in [2.75, 3.05) is 7.11 Å². The lowest BCUT2D eigenvalue weighted by atomic mass is 9.31. The van der Waals surface area contributed by atoms with Crippen LogP contribution in [-0.4, -0.2) is 12.7 Å². The molecule has 1 heteroatoms. The Hall–Kier alpha value is -0.0400. The first kappa shape index (κ1) is 17.0. The zero-order valence-corrected chi connectivity index (χ0v) is 15.4. The maximum absolute atomic E-state index is 6.17. The summed E-state index contributed by atoms with van der Waals surface area (Å²) in [5, 5.41) is 0. The topological polar surface area (TPSA) is 9.23 Å². The Morgan fingerprint density at radius 1 is 0.421 bits per heavy atom. The van der Waals surface area contributed by atoms with Crippen molar-refractivity contribution in [3.05, 3.63) is 0 Å². The van der Waals surface area contributed by atoms with Crippen molar-refractivity contribution in [3.63, 3.8) is 0 Å². The Labute approximate surface area is 121 Å². The number of hydrogen-bond acceptors (Lipinski definition) is 1. The van der Waals surface area contributed by atoms with Crippen LogP contribution in [0.2, 0.25) is 0 Å². The van der Waals surface area contributed by atoms with Crippen LogP contribution >= 0.6 is 0 Å². The molecule has 0 aromatic rings. The van der Waals surface area contributed by atoms with Crippen LogP contribution in [0.15, 0.2) is 0 Å². The maximum Gasteiger partial charge on any atom is 0.0762 e. The second-order valence-corrected chi connectivity index (χ2v) is 9.36. The van der Waals surface area contributed by atoms with Crippen LogP contribution in [0, 0.1) is 27.1 Å². The molecule has 19 heavy (non-hydrogen) atoms. The minimum atomic E-state index is -0.164. The molecule has 0 aromatic carbocycles. The summed E-state index contributed by atoms with van der Waals surface area (Å²) in [4.78, 5) is 0. The Balaban J connectivity index is 3.76. The lowest BCUT2D eigenvalue weighted by molar-refractivity contribution is -0.324. The predicted molar refractivity (Wildman–Crippen MR) is 84.3 cm³/mol. The lowest BCUT2D eigenvalue weighted by Gasteiger charge is -2.76. The summed E-state index contributed by atoms with van der Waals surface area (Å²) in [7, 11) is 1.88. The van der Waals surface area contributed by atoms with Gasteiger partial charge >= 0.3 is 0 Å². The third-order valence-electron chi connectivity index (χ3n) is 9.04. The standard InChI is InChI=1S/C18H36O/c1-13(2)14(3,4)16(7,8)18(11,19-12)17(9,10)15(13,5)6/h1-12H3. The molecule has 0 bridgehead atoms. The first-order valence-corrected chi connectivity index (χ1v) is 7.61. The molecule has 0 aromatic heterocycles. The highest BCUT2D eigenvalue weighted by molar-refractivity contribution is 5.22. The molecule has 114 valence electrons. The van der Waals surface area contributed by atoms with Gasteiger partial charge in [0, 0.05) is 7.11 Å². The zero-order chi connectivity index (χ0) is 15.7. The molecule has 1 saturated carbocycles. The van der Waals surface area contributed by atoms with Crippen molar-refractivity contribution in [2.24, 2.45) is 27.1 Å². The Kier molecular flexibility index (Phi) is 3.39. The fraction of sp³-hybridized carbons (Fsp3) is 1.00. The molecule has 1 fully saturated rings. The van der Waals surface area contributed by atoms with Crippen LogP contribution < -0.4 is 0 Å². The minimum absolute atomic E-state index is 0.0806. The van der Waals surface area contributed by atoms with E-state index in [-0.39, 0.29) is 32.7 Å². The molecule has 0 N–H and O–H groups in total. The number of rotatable bonds is 1. The maximum atomic E-state index is 6.17. The van der Waals surface area contributed by atoms with Crippen LogP contribution in [0.3, 0.4) is 0 Å². The fourth-order valence-electron chi connectivity index (χ4n) is 4.83. The normalized spacial score (nSPS) is 32.8. The van der Waals surface area contributed by atoms with E-state index in [1.807, 2.05) is 7.11 Å². The highest BCUT2D eigenvalue weighted by atomic mass is 16.5. The summed E-state index contributed by atoms with van der Waals surface area (Å²) < 4.78 is 6.17. The first-order chi connectivity index (χ1) is 8.06. The van der Waals surface area contributed by atoms with E-state index in [2.05, 4.69) is 76.2 Å². The van der Waals surface area contributed by atoms with Gasteiger partial charge < -0.3 is 4.74 Å². The number of hydrogen-bond donors (Lipinski definition) is 0. The van der Waals surface area contributed by atoms with Gasteiger partial charge in [0.05, 0.1) is 5.60 Å². The van der Waals surface area contributed by atoms with Crippen molar-refractivity contribution in [1.29, 1.82) is 0 Å². The number of ether oxygens (including phenoxy) is 1. The van der Waals surface area contributed by atoms with E-state index in [0.717, 1.165) is 0 Å². The van der Waals surface area contributed by atoms with Gasteiger partial charge in [-0.05, 0) is 34.0 Å². The largest absolute Gasteiger partial charge is 0.377 e. The van der Waals surface area contributed by atoms with Gasteiger partial charge in [-0.1, -0.05) is 69.2 Å². The van der Waals surface area contributed by atoms with Crippen LogP contribution in [0.1, 0.15) is 76.2 Å². The molecule has 0 heterocycles. The summed E-state index contributed by atoms with van der Waals surface area (Å²) in [6, 6.07) is 0. The molecule has 0 aliphatic heterocycles. The summed E-state index contributed by atoms with van der Waals surface area (Å²) in [5.41, 5.74) is 0.551. The summed E-state index contributed by atoms with van der Waals surface area (Å²) in [6.45, 7) is 26.4. The van der Waals surface area contributed by atoms with E-state index in [0.29, 0.717) is 0 Å². The second kappa shape index (κ2) is 3.78. The van der Waals surface area contributed by atoms with E-state index >= 15 is 0 Å². The van der Waals surface area contributed by atoms with Crippen LogP contribution in [0.5, 0.6) is 0 Å². The van der Waals surface area contributed by atoms with Crippen molar-refractivity contribution in [2.45, 2.75) is 81.8 Å². The molecule has 1 nitrogen and oxygen atoms in total. The van der Waals surface area contributed by atoms with Crippen molar-refractivity contribution < 1.29 is 4.74 Å². The molecule has 0 unspecified atom stereocenters. The second-order valence-electron chi connectivity index (χ2n) is 9.36. The van der Waals surface area contributed by atoms with Gasteiger partial charge in [-0.15, -0.1) is 0 Å². The predicted octanol–water partition coefficient (Wildman–Crippen LogP) is 5.54. The van der Waals surface area contributed by atoms with Gasteiger partial charge in [0.1, 0.15) is 0 Å². The highest BCUT2D eigenvalue weighted by Crippen LogP contribution is 2.75. The molecular formula is C18H36O. The van der Waals surface area contributed by atoms with Gasteiger partial charge in [0.2, 0.25) is 0 Å². The average Bonchev–Trinajstić information content (AvgIpc) is 2.24. The number of methoxy groups -OCH3 is 1. The molecule has 1 rings (SSSR count). The molecular weight excluding hydrogens is 232 g/mol. The van der Waals surface area contributed by atoms with Gasteiger partial charge in [0.25, 0.3) is 0 Å². The minimum Gasteiger partial charge on any atom is -0.377 e. The smallest absolute Gasteiger partial charge is 0.0762 e. The van der Waals surface area contributed by atoms with E-state index in [4.69, 9.17) is 4.74 Å². The monoisotopic (exact) mass is 268 g/mol. The Morgan fingerprint density at radius 3 is 0.842 bits per heavy atom. The van der Waals surface area contributed by atoms with E-state index < -0.39 is 0 Å². The molecule has 0 spiro atoms. The molecule has 1 aliphatic rings. The van der Waals surface area contributed by atoms with Crippen molar-refractivity contribution in [1.82, 2.24) is 0 Å². The van der Waals surface area contributed by atoms with Gasteiger partial charge in [-0.2, -0.15) is 0 Å². The molecule has 0 amide bonds. The fourth-order valence-corrected chi connectivity index (χ4v) is 4.83. The lowest BCUT2D eigenvalue weighted by Crippen LogP contribution is -2.75. The summed E-state index contributed by atoms with van der Waals surface area (Å²) in [5.74, 6) is 0. The summed E-state index contributed by atoms with van der Waals surface area (Å²) in [6.07, 6.45) is 0. The Bertz CT molecular complexity index is 339. The zero-order valence-electron chi connectivity index (χ0n) is 15.4. The van der Waals surface area contributed by atoms with Crippen LogP contribution in [-0.2, 0) is 4.74 Å².